The van der Waals surface area contributed by atoms with Crippen LogP contribution in [0, 0.1) is 0 Å². The number of rotatable bonds is 6. The molecule has 30 heavy (non-hydrogen) atoms. The summed E-state index contributed by atoms with van der Waals surface area (Å²) < 4.78 is 22.9. The van der Waals surface area contributed by atoms with Crippen molar-refractivity contribution >= 4 is 29.6 Å². The SMILES string of the molecule is Clc1ccc(Sc2oc(C3CCOCC3)nc2C2C=NN(CC3OCCO3)C2)cc1. The standard InChI is InChI=1S/C21H24ClN3O4S/c22-16-1-3-17(4-2-16)30-21-19(24-20(29-21)14-5-7-26-8-6-14)15-11-23-25(12-15)13-18-27-9-10-28-18/h1-4,11,14-15,18H,5-10,12-13H2. The number of halogens is 1. The molecule has 1 unspecified atom stereocenters. The maximum atomic E-state index is 6.30. The van der Waals surface area contributed by atoms with Crippen molar-refractivity contribution in [1.82, 2.24) is 9.99 Å². The van der Waals surface area contributed by atoms with Gasteiger partial charge in [-0.3, -0.25) is 5.01 Å². The molecule has 0 bridgehead atoms. The van der Waals surface area contributed by atoms with E-state index in [-0.39, 0.29) is 12.2 Å². The number of benzene rings is 1. The summed E-state index contributed by atoms with van der Waals surface area (Å²) in [7, 11) is 0. The van der Waals surface area contributed by atoms with E-state index in [1.807, 2.05) is 35.5 Å². The molecule has 5 rings (SSSR count). The lowest BCUT2D eigenvalue weighted by Crippen LogP contribution is -2.29. The van der Waals surface area contributed by atoms with Gasteiger partial charge in [-0.1, -0.05) is 23.4 Å². The zero-order chi connectivity index (χ0) is 20.3. The van der Waals surface area contributed by atoms with E-state index in [1.165, 1.54) is 0 Å². The van der Waals surface area contributed by atoms with E-state index in [1.54, 1.807) is 11.8 Å². The van der Waals surface area contributed by atoms with Gasteiger partial charge in [-0.05, 0) is 37.1 Å². The molecule has 2 aromatic rings. The van der Waals surface area contributed by atoms with Crippen molar-refractivity contribution in [3.63, 3.8) is 0 Å². The first kappa shape index (κ1) is 20.3. The lowest BCUT2D eigenvalue weighted by Gasteiger charge is -2.19. The molecule has 0 saturated carbocycles. The highest BCUT2D eigenvalue weighted by atomic mass is 35.5. The zero-order valence-corrected chi connectivity index (χ0v) is 18.1. The Morgan fingerprint density at radius 2 is 1.83 bits per heavy atom. The molecule has 160 valence electrons. The van der Waals surface area contributed by atoms with Crippen LogP contribution in [-0.2, 0) is 14.2 Å². The van der Waals surface area contributed by atoms with Gasteiger partial charge in [0.05, 0.1) is 25.7 Å². The van der Waals surface area contributed by atoms with Gasteiger partial charge in [0.2, 0.25) is 0 Å². The van der Waals surface area contributed by atoms with Gasteiger partial charge in [0.25, 0.3) is 0 Å². The number of hydrazone groups is 1. The van der Waals surface area contributed by atoms with E-state index >= 15 is 0 Å². The summed E-state index contributed by atoms with van der Waals surface area (Å²) in [5, 5.41) is 8.09. The van der Waals surface area contributed by atoms with Gasteiger partial charge >= 0.3 is 0 Å². The molecular weight excluding hydrogens is 426 g/mol. The van der Waals surface area contributed by atoms with Gasteiger partial charge in [-0.25, -0.2) is 4.98 Å². The lowest BCUT2D eigenvalue weighted by atomic mass is 10.0. The molecule has 3 aliphatic rings. The molecule has 1 aromatic heterocycles. The Hall–Kier alpha value is -1.58. The molecule has 0 N–H and O–H groups in total. The third kappa shape index (κ3) is 4.68. The first-order valence-corrected chi connectivity index (χ1v) is 11.5. The highest BCUT2D eigenvalue weighted by molar-refractivity contribution is 7.99. The smallest absolute Gasteiger partial charge is 0.199 e. The molecule has 0 spiro atoms. The quantitative estimate of drug-likeness (QED) is 0.656. The van der Waals surface area contributed by atoms with Crippen LogP contribution in [0.2, 0.25) is 5.02 Å². The number of ether oxygens (including phenoxy) is 3. The van der Waals surface area contributed by atoms with Crippen molar-refractivity contribution in [2.75, 3.05) is 39.5 Å². The van der Waals surface area contributed by atoms with E-state index < -0.39 is 0 Å². The number of aromatic nitrogens is 1. The molecule has 0 amide bonds. The van der Waals surface area contributed by atoms with E-state index in [0.717, 1.165) is 59.2 Å². The van der Waals surface area contributed by atoms with Gasteiger partial charge in [0.1, 0.15) is 5.69 Å². The Kier molecular flexibility index (Phi) is 6.29. The van der Waals surface area contributed by atoms with Crippen LogP contribution in [0.4, 0.5) is 0 Å². The minimum atomic E-state index is -0.209. The van der Waals surface area contributed by atoms with Crippen molar-refractivity contribution < 1.29 is 18.6 Å². The van der Waals surface area contributed by atoms with Crippen molar-refractivity contribution in [3.8, 4) is 0 Å². The fourth-order valence-corrected chi connectivity index (χ4v) is 4.87. The summed E-state index contributed by atoms with van der Waals surface area (Å²) in [5.74, 6) is 1.17. The normalized spacial score (nSPS) is 23.0. The largest absolute Gasteiger partial charge is 0.434 e. The van der Waals surface area contributed by atoms with Crippen LogP contribution in [0.3, 0.4) is 0 Å². The molecule has 7 nitrogen and oxygen atoms in total. The minimum Gasteiger partial charge on any atom is -0.434 e. The van der Waals surface area contributed by atoms with Crippen LogP contribution in [0.25, 0.3) is 0 Å². The van der Waals surface area contributed by atoms with Gasteiger partial charge in [-0.2, -0.15) is 5.10 Å². The number of nitrogens with zero attached hydrogens (tertiary/aromatic N) is 3. The maximum Gasteiger partial charge on any atom is 0.199 e. The first-order chi connectivity index (χ1) is 14.7. The summed E-state index contributed by atoms with van der Waals surface area (Å²) in [6.45, 7) is 4.15. The van der Waals surface area contributed by atoms with Crippen LogP contribution in [0.15, 0.2) is 43.8 Å². The van der Waals surface area contributed by atoms with E-state index in [2.05, 4.69) is 5.10 Å². The number of oxazole rings is 1. The van der Waals surface area contributed by atoms with Crippen molar-refractivity contribution in [2.45, 2.75) is 41.0 Å². The fourth-order valence-electron chi connectivity index (χ4n) is 3.83. The van der Waals surface area contributed by atoms with E-state index in [9.17, 15) is 0 Å². The van der Waals surface area contributed by atoms with Gasteiger partial charge in [0, 0.05) is 41.8 Å². The first-order valence-electron chi connectivity index (χ1n) is 10.3. The average Bonchev–Trinajstić information content (AvgIpc) is 3.52. The minimum absolute atomic E-state index is 0.0681. The van der Waals surface area contributed by atoms with E-state index in [4.69, 9.17) is 35.2 Å². The Balaban J connectivity index is 1.35. The maximum absolute atomic E-state index is 6.30. The molecule has 1 aromatic carbocycles. The third-order valence-corrected chi connectivity index (χ3v) is 6.69. The second-order valence-electron chi connectivity index (χ2n) is 7.58. The van der Waals surface area contributed by atoms with Crippen LogP contribution in [0.5, 0.6) is 0 Å². The fraction of sp³-hybridized carbons (Fsp3) is 0.524. The topological polar surface area (TPSA) is 69.3 Å². The highest BCUT2D eigenvalue weighted by Crippen LogP contribution is 2.39. The summed E-state index contributed by atoms with van der Waals surface area (Å²) >= 11 is 7.62. The van der Waals surface area contributed by atoms with Crippen molar-refractivity contribution in [1.29, 1.82) is 0 Å². The molecular formula is C21H24ClN3O4S. The highest BCUT2D eigenvalue weighted by Gasteiger charge is 2.31. The van der Waals surface area contributed by atoms with Crippen LogP contribution < -0.4 is 0 Å². The zero-order valence-electron chi connectivity index (χ0n) is 16.5. The average molecular weight is 450 g/mol. The van der Waals surface area contributed by atoms with Crippen molar-refractivity contribution in [3.05, 3.63) is 40.9 Å². The van der Waals surface area contributed by atoms with Crippen LogP contribution in [-0.4, -0.2) is 62.0 Å². The number of hydrogen-bond donors (Lipinski definition) is 0. The monoisotopic (exact) mass is 449 g/mol. The molecule has 0 aliphatic carbocycles. The molecule has 2 saturated heterocycles. The van der Waals surface area contributed by atoms with Crippen LogP contribution in [0.1, 0.15) is 36.3 Å². The summed E-state index contributed by atoms with van der Waals surface area (Å²) in [6, 6.07) is 7.77. The molecule has 1 atom stereocenters. The van der Waals surface area contributed by atoms with Crippen LogP contribution >= 0.6 is 23.4 Å². The third-order valence-electron chi connectivity index (χ3n) is 5.45. The molecule has 2 fully saturated rings. The Morgan fingerprint density at radius 3 is 2.60 bits per heavy atom. The van der Waals surface area contributed by atoms with Crippen molar-refractivity contribution in [2.24, 2.45) is 5.10 Å². The second kappa shape index (κ2) is 9.28. The number of hydrogen-bond acceptors (Lipinski definition) is 8. The summed E-state index contributed by atoms with van der Waals surface area (Å²) in [5.41, 5.74) is 0.941. The molecule has 3 aliphatic heterocycles. The molecule has 4 heterocycles. The Bertz CT molecular complexity index is 879. The molecule has 9 heteroatoms. The summed E-state index contributed by atoms with van der Waals surface area (Å²) in [6.07, 6.45) is 3.62. The predicted molar refractivity (Wildman–Crippen MR) is 113 cm³/mol. The lowest BCUT2D eigenvalue weighted by molar-refractivity contribution is -0.0604. The Morgan fingerprint density at radius 1 is 1.07 bits per heavy atom. The predicted octanol–water partition coefficient (Wildman–Crippen LogP) is 4.13. The molecule has 0 radical (unpaired) electrons. The van der Waals surface area contributed by atoms with Gasteiger partial charge in [-0.15, -0.1) is 0 Å². The van der Waals surface area contributed by atoms with E-state index in [0.29, 0.717) is 25.7 Å². The Labute approximate surface area is 184 Å². The summed E-state index contributed by atoms with van der Waals surface area (Å²) in [4.78, 5) is 6.01. The van der Waals surface area contributed by atoms with Gasteiger partial charge < -0.3 is 18.6 Å². The van der Waals surface area contributed by atoms with Gasteiger partial charge in [0.15, 0.2) is 17.3 Å². The second-order valence-corrected chi connectivity index (χ2v) is 9.06.